The van der Waals surface area contributed by atoms with Crippen molar-refractivity contribution in [2.45, 2.75) is 12.4 Å². The summed E-state index contributed by atoms with van der Waals surface area (Å²) in [5.74, 6) is -1.61. The Bertz CT molecular complexity index is 1230. The van der Waals surface area contributed by atoms with Gasteiger partial charge in [-0.2, -0.15) is 31.4 Å². The van der Waals surface area contributed by atoms with Crippen molar-refractivity contribution in [3.8, 4) is 22.4 Å². The van der Waals surface area contributed by atoms with Crippen LogP contribution < -0.4 is 0 Å². The third-order valence-electron chi connectivity index (χ3n) is 4.32. The summed E-state index contributed by atoms with van der Waals surface area (Å²) in [4.78, 5) is 7.95. The number of hydrogen-bond acceptors (Lipinski definition) is 3. The van der Waals surface area contributed by atoms with E-state index in [0.717, 1.165) is 6.07 Å². The third-order valence-corrected chi connectivity index (χ3v) is 4.32. The summed E-state index contributed by atoms with van der Waals surface area (Å²) in [6.07, 6.45) is -5.74. The lowest BCUT2D eigenvalue weighted by molar-refractivity contribution is -0.142. The van der Waals surface area contributed by atoms with Gasteiger partial charge in [-0.25, -0.2) is 13.9 Å². The predicted molar refractivity (Wildman–Crippen MR) is 91.6 cm³/mol. The molecule has 11 heteroatoms. The van der Waals surface area contributed by atoms with Crippen LogP contribution in [-0.4, -0.2) is 19.6 Å². The zero-order valence-corrected chi connectivity index (χ0v) is 14.6. The van der Waals surface area contributed by atoms with Crippen LogP contribution in [0.15, 0.2) is 55.0 Å². The normalized spacial score (nSPS) is 12.5. The number of alkyl halides is 6. The van der Waals surface area contributed by atoms with Crippen LogP contribution in [0.1, 0.15) is 11.3 Å². The zero-order valence-electron chi connectivity index (χ0n) is 14.6. The van der Waals surface area contributed by atoms with Crippen molar-refractivity contribution in [2.75, 3.05) is 0 Å². The van der Waals surface area contributed by atoms with Gasteiger partial charge in [0.15, 0.2) is 11.3 Å². The molecule has 4 aromatic rings. The lowest BCUT2D eigenvalue weighted by atomic mass is 10.1. The number of rotatable bonds is 2. The van der Waals surface area contributed by atoms with Crippen LogP contribution in [0.5, 0.6) is 0 Å². The highest BCUT2D eigenvalue weighted by molar-refractivity contribution is 5.78. The summed E-state index contributed by atoms with van der Waals surface area (Å²) < 4.78 is 93.7. The molecule has 4 rings (SSSR count). The first kappa shape index (κ1) is 19.8. The van der Waals surface area contributed by atoms with E-state index in [4.69, 9.17) is 0 Å². The number of hydrogen-bond donors (Lipinski definition) is 0. The van der Waals surface area contributed by atoms with Gasteiger partial charge in [-0.3, -0.25) is 4.98 Å². The molecule has 0 aliphatic rings. The van der Waals surface area contributed by atoms with E-state index in [2.05, 4.69) is 15.1 Å². The van der Waals surface area contributed by atoms with E-state index in [-0.39, 0.29) is 22.5 Å². The molecule has 0 spiro atoms. The van der Waals surface area contributed by atoms with Gasteiger partial charge < -0.3 is 0 Å². The highest BCUT2D eigenvalue weighted by atomic mass is 19.4. The molecule has 0 aliphatic carbocycles. The van der Waals surface area contributed by atoms with Crippen LogP contribution in [0.25, 0.3) is 28.0 Å². The fraction of sp³-hybridized carbons (Fsp3) is 0.105. The molecule has 0 unspecified atom stereocenters. The van der Waals surface area contributed by atoms with Crippen molar-refractivity contribution in [2.24, 2.45) is 0 Å². The van der Waals surface area contributed by atoms with Gasteiger partial charge in [-0.15, -0.1) is 0 Å². The second-order valence-corrected chi connectivity index (χ2v) is 6.25. The van der Waals surface area contributed by atoms with Crippen molar-refractivity contribution < 1.29 is 30.7 Å². The molecule has 0 saturated carbocycles. The van der Waals surface area contributed by atoms with Gasteiger partial charge in [-0.05, 0) is 35.9 Å². The molecule has 4 nitrogen and oxygen atoms in total. The lowest BCUT2D eigenvalue weighted by Crippen LogP contribution is -2.14. The maximum Gasteiger partial charge on any atom is 0.433 e. The summed E-state index contributed by atoms with van der Waals surface area (Å²) in [5.41, 5.74) is -2.78. The molecule has 0 atom stereocenters. The Morgan fingerprint density at radius 1 is 0.800 bits per heavy atom. The van der Waals surface area contributed by atoms with Crippen molar-refractivity contribution >= 4 is 5.65 Å². The molecule has 0 saturated heterocycles. The fourth-order valence-corrected chi connectivity index (χ4v) is 2.95. The van der Waals surface area contributed by atoms with Gasteiger partial charge in [-0.1, -0.05) is 6.07 Å². The van der Waals surface area contributed by atoms with E-state index < -0.39 is 29.4 Å². The fourth-order valence-electron chi connectivity index (χ4n) is 2.95. The highest BCUT2D eigenvalue weighted by Crippen LogP contribution is 2.36. The summed E-state index contributed by atoms with van der Waals surface area (Å²) >= 11 is 0. The molecule has 0 bridgehead atoms. The van der Waals surface area contributed by atoms with Crippen molar-refractivity contribution in [1.82, 2.24) is 19.6 Å². The first-order chi connectivity index (χ1) is 14.1. The van der Waals surface area contributed by atoms with E-state index in [9.17, 15) is 30.7 Å². The van der Waals surface area contributed by atoms with Crippen LogP contribution in [0.2, 0.25) is 0 Å². The van der Waals surface area contributed by atoms with E-state index in [1.807, 2.05) is 0 Å². The van der Waals surface area contributed by atoms with Crippen LogP contribution in [0, 0.1) is 5.82 Å². The maximum absolute atomic E-state index is 14.0. The summed E-state index contributed by atoms with van der Waals surface area (Å²) in [6, 6.07) is 5.52. The van der Waals surface area contributed by atoms with Crippen molar-refractivity contribution in [1.29, 1.82) is 0 Å². The van der Waals surface area contributed by atoms with Crippen LogP contribution in [0.4, 0.5) is 30.7 Å². The summed E-state index contributed by atoms with van der Waals surface area (Å²) in [7, 11) is 0. The first-order valence-electron chi connectivity index (χ1n) is 8.29. The van der Waals surface area contributed by atoms with Crippen molar-refractivity contribution in [3.63, 3.8) is 0 Å². The average Bonchev–Trinajstić information content (AvgIpc) is 3.10. The number of aromatic nitrogens is 4. The standard InChI is InChI=1S/C19H9F7N4/c20-14-7-11(1-2-13(14)18(21,22)23)15-8-16(19(24,25)26)30-17(29-15)12(9-28-30)10-3-5-27-6-4-10/h1-9H. The first-order valence-corrected chi connectivity index (χ1v) is 8.29. The minimum absolute atomic E-state index is 0.189. The van der Waals surface area contributed by atoms with Gasteiger partial charge in [0.25, 0.3) is 0 Å². The Hall–Kier alpha value is -3.50. The predicted octanol–water partition coefficient (Wildman–Crippen LogP) is 5.64. The summed E-state index contributed by atoms with van der Waals surface area (Å²) in [6.45, 7) is 0. The molecule has 0 amide bonds. The number of halogens is 7. The molecular weight excluding hydrogens is 417 g/mol. The molecule has 154 valence electrons. The van der Waals surface area contributed by atoms with Crippen LogP contribution >= 0.6 is 0 Å². The van der Waals surface area contributed by atoms with Crippen molar-refractivity contribution in [3.05, 3.63) is 72.1 Å². The Labute approximate surface area is 163 Å². The smallest absolute Gasteiger partial charge is 0.265 e. The monoisotopic (exact) mass is 426 g/mol. The van der Waals surface area contributed by atoms with Gasteiger partial charge in [0.1, 0.15) is 5.82 Å². The molecule has 1 aromatic carbocycles. The van der Waals surface area contributed by atoms with Gasteiger partial charge in [0.05, 0.1) is 17.5 Å². The van der Waals surface area contributed by atoms with E-state index >= 15 is 0 Å². The van der Waals surface area contributed by atoms with E-state index in [0.29, 0.717) is 28.3 Å². The van der Waals surface area contributed by atoms with E-state index in [1.165, 1.54) is 30.7 Å². The number of fused-ring (bicyclic) bond motifs is 1. The highest BCUT2D eigenvalue weighted by Gasteiger charge is 2.36. The number of pyridine rings is 1. The molecule has 3 aromatic heterocycles. The number of benzene rings is 1. The molecule has 3 heterocycles. The topological polar surface area (TPSA) is 43.1 Å². The Kier molecular flexibility index (Phi) is 4.48. The molecule has 0 aliphatic heterocycles. The SMILES string of the molecule is Fc1cc(-c2cc(C(F)(F)F)n3ncc(-c4ccncc4)c3n2)ccc1C(F)(F)F. The minimum atomic E-state index is -4.93. The van der Waals surface area contributed by atoms with Gasteiger partial charge in [0, 0.05) is 23.5 Å². The molecule has 0 N–H and O–H groups in total. The maximum atomic E-state index is 14.0. The zero-order chi connectivity index (χ0) is 21.7. The quantitative estimate of drug-likeness (QED) is 0.390. The largest absolute Gasteiger partial charge is 0.433 e. The van der Waals surface area contributed by atoms with Gasteiger partial charge >= 0.3 is 12.4 Å². The Balaban J connectivity index is 1.96. The molecule has 0 radical (unpaired) electrons. The second-order valence-electron chi connectivity index (χ2n) is 6.25. The average molecular weight is 426 g/mol. The Morgan fingerprint density at radius 3 is 2.10 bits per heavy atom. The third kappa shape index (κ3) is 3.46. The second kappa shape index (κ2) is 6.78. The minimum Gasteiger partial charge on any atom is -0.265 e. The molecule has 0 fully saturated rings. The summed E-state index contributed by atoms with van der Waals surface area (Å²) in [5, 5.41) is 3.75. The van der Waals surface area contributed by atoms with Crippen LogP contribution in [0.3, 0.4) is 0 Å². The van der Waals surface area contributed by atoms with Crippen LogP contribution in [-0.2, 0) is 12.4 Å². The van der Waals surface area contributed by atoms with E-state index in [1.54, 1.807) is 0 Å². The Morgan fingerprint density at radius 2 is 1.50 bits per heavy atom. The molecule has 30 heavy (non-hydrogen) atoms. The molecular formula is C19H9F7N4. The lowest BCUT2D eigenvalue weighted by Gasteiger charge is -2.13. The number of nitrogens with zero attached hydrogens (tertiary/aromatic N) is 4. The van der Waals surface area contributed by atoms with Gasteiger partial charge in [0.2, 0.25) is 0 Å².